The SMILES string of the molecule is CCCOc1ccc(-c2nc(C#N)c(NC(C)c3ccccc3)o2)cc1. The Hall–Kier alpha value is -3.26. The molecule has 1 atom stereocenters. The molecule has 0 amide bonds. The number of hydrogen-bond donors (Lipinski definition) is 1. The standard InChI is InChI=1S/C21H21N3O2/c1-3-13-25-18-11-9-17(10-12-18)20-24-19(14-22)21(26-20)23-15(2)16-7-5-4-6-8-16/h4-12,15,23H,3,13H2,1-2H3. The third-order valence-corrected chi connectivity index (χ3v) is 3.95. The highest BCUT2D eigenvalue weighted by Gasteiger charge is 2.17. The molecule has 0 spiro atoms. The van der Waals surface area contributed by atoms with Crippen LogP contribution in [0, 0.1) is 11.3 Å². The van der Waals surface area contributed by atoms with Crippen LogP contribution in [0.1, 0.15) is 37.6 Å². The first kappa shape index (κ1) is 17.6. The molecule has 0 fully saturated rings. The Morgan fingerprint density at radius 3 is 2.54 bits per heavy atom. The van der Waals surface area contributed by atoms with Crippen molar-refractivity contribution < 1.29 is 9.15 Å². The third kappa shape index (κ3) is 4.04. The molecule has 1 aromatic heterocycles. The van der Waals surface area contributed by atoms with Gasteiger partial charge in [-0.25, -0.2) is 0 Å². The molecule has 0 aliphatic carbocycles. The van der Waals surface area contributed by atoms with Gasteiger partial charge in [0.2, 0.25) is 17.5 Å². The Bertz CT molecular complexity index is 880. The Morgan fingerprint density at radius 1 is 1.15 bits per heavy atom. The van der Waals surface area contributed by atoms with Crippen LogP contribution in [-0.4, -0.2) is 11.6 Å². The second-order valence-electron chi connectivity index (χ2n) is 5.96. The van der Waals surface area contributed by atoms with Crippen molar-refractivity contribution in [2.24, 2.45) is 0 Å². The fourth-order valence-electron chi connectivity index (χ4n) is 2.55. The lowest BCUT2D eigenvalue weighted by Crippen LogP contribution is -2.06. The van der Waals surface area contributed by atoms with Gasteiger partial charge in [-0.1, -0.05) is 37.3 Å². The summed E-state index contributed by atoms with van der Waals surface area (Å²) in [6.07, 6.45) is 0.960. The minimum absolute atomic E-state index is 0.00563. The van der Waals surface area contributed by atoms with Crippen LogP contribution in [0.3, 0.4) is 0 Å². The average Bonchev–Trinajstić information content (AvgIpc) is 3.10. The van der Waals surface area contributed by atoms with Crippen LogP contribution in [-0.2, 0) is 0 Å². The van der Waals surface area contributed by atoms with E-state index in [9.17, 15) is 5.26 Å². The van der Waals surface area contributed by atoms with Crippen molar-refractivity contribution in [2.45, 2.75) is 26.3 Å². The first-order valence-corrected chi connectivity index (χ1v) is 8.67. The maximum Gasteiger partial charge on any atom is 0.233 e. The van der Waals surface area contributed by atoms with Crippen LogP contribution in [0.15, 0.2) is 59.0 Å². The minimum atomic E-state index is -0.00563. The molecule has 0 aliphatic heterocycles. The number of oxazole rings is 1. The van der Waals surface area contributed by atoms with Crippen LogP contribution in [0.2, 0.25) is 0 Å². The van der Waals surface area contributed by atoms with Gasteiger partial charge in [0.1, 0.15) is 11.8 Å². The van der Waals surface area contributed by atoms with E-state index in [1.807, 2.05) is 61.5 Å². The van der Waals surface area contributed by atoms with Crippen LogP contribution >= 0.6 is 0 Å². The van der Waals surface area contributed by atoms with Gasteiger partial charge in [-0.3, -0.25) is 0 Å². The van der Waals surface area contributed by atoms with E-state index >= 15 is 0 Å². The Kier molecular flexibility index (Phi) is 5.55. The lowest BCUT2D eigenvalue weighted by molar-refractivity contribution is 0.317. The third-order valence-electron chi connectivity index (χ3n) is 3.95. The second kappa shape index (κ2) is 8.21. The molecular weight excluding hydrogens is 326 g/mol. The van der Waals surface area contributed by atoms with Crippen molar-refractivity contribution >= 4 is 5.88 Å². The zero-order chi connectivity index (χ0) is 18.4. The summed E-state index contributed by atoms with van der Waals surface area (Å²) < 4.78 is 11.4. The summed E-state index contributed by atoms with van der Waals surface area (Å²) >= 11 is 0. The molecule has 3 aromatic rings. The molecule has 1 unspecified atom stereocenters. The van der Waals surface area contributed by atoms with Gasteiger partial charge >= 0.3 is 0 Å². The Labute approximate surface area is 153 Å². The maximum absolute atomic E-state index is 9.37. The highest BCUT2D eigenvalue weighted by molar-refractivity contribution is 5.60. The predicted molar refractivity (Wildman–Crippen MR) is 101 cm³/mol. The van der Waals surface area contributed by atoms with E-state index in [0.717, 1.165) is 23.3 Å². The zero-order valence-electron chi connectivity index (χ0n) is 14.9. The molecule has 0 saturated heterocycles. The molecule has 3 rings (SSSR count). The van der Waals surface area contributed by atoms with Crippen molar-refractivity contribution in [3.63, 3.8) is 0 Å². The van der Waals surface area contributed by atoms with Gasteiger partial charge in [0, 0.05) is 5.56 Å². The van der Waals surface area contributed by atoms with Crippen molar-refractivity contribution in [3.05, 3.63) is 65.9 Å². The summed E-state index contributed by atoms with van der Waals surface area (Å²) in [5.41, 5.74) is 2.15. The smallest absolute Gasteiger partial charge is 0.233 e. The van der Waals surface area contributed by atoms with Crippen LogP contribution < -0.4 is 10.1 Å². The molecule has 1 N–H and O–H groups in total. The number of ether oxygens (including phenoxy) is 1. The van der Waals surface area contributed by atoms with Crippen molar-refractivity contribution in [3.8, 4) is 23.3 Å². The summed E-state index contributed by atoms with van der Waals surface area (Å²) in [5, 5.41) is 12.6. The molecule has 1 heterocycles. The number of nitrogens with zero attached hydrogens (tertiary/aromatic N) is 2. The Balaban J connectivity index is 1.79. The molecule has 0 aliphatic rings. The van der Waals surface area contributed by atoms with Gasteiger partial charge in [0.15, 0.2) is 0 Å². The van der Waals surface area contributed by atoms with Crippen LogP contribution in [0.25, 0.3) is 11.5 Å². The number of benzene rings is 2. The monoisotopic (exact) mass is 347 g/mol. The molecule has 2 aromatic carbocycles. The van der Waals surface area contributed by atoms with Gasteiger partial charge < -0.3 is 14.5 Å². The van der Waals surface area contributed by atoms with Gasteiger partial charge in [-0.05, 0) is 43.2 Å². The summed E-state index contributed by atoms with van der Waals surface area (Å²) in [6, 6.07) is 19.6. The topological polar surface area (TPSA) is 71.1 Å². The number of hydrogen-bond acceptors (Lipinski definition) is 5. The van der Waals surface area contributed by atoms with E-state index in [0.29, 0.717) is 18.4 Å². The Morgan fingerprint density at radius 2 is 1.88 bits per heavy atom. The van der Waals surface area contributed by atoms with E-state index in [1.54, 1.807) is 0 Å². The van der Waals surface area contributed by atoms with Crippen LogP contribution in [0.5, 0.6) is 5.75 Å². The van der Waals surface area contributed by atoms with Gasteiger partial charge in [-0.15, -0.1) is 0 Å². The lowest BCUT2D eigenvalue weighted by Gasteiger charge is -2.13. The summed E-state index contributed by atoms with van der Waals surface area (Å²) in [6.45, 7) is 4.76. The summed E-state index contributed by atoms with van der Waals surface area (Å²) in [4.78, 5) is 4.31. The summed E-state index contributed by atoms with van der Waals surface area (Å²) in [5.74, 6) is 1.59. The fraction of sp³-hybridized carbons (Fsp3) is 0.238. The molecule has 0 saturated carbocycles. The second-order valence-corrected chi connectivity index (χ2v) is 5.96. The van der Waals surface area contributed by atoms with Gasteiger partial charge in [0.05, 0.1) is 12.6 Å². The molecule has 5 nitrogen and oxygen atoms in total. The number of aromatic nitrogens is 1. The molecule has 132 valence electrons. The predicted octanol–water partition coefficient (Wildman–Crippen LogP) is 5.18. The maximum atomic E-state index is 9.37. The first-order chi connectivity index (χ1) is 12.7. The molecule has 5 heteroatoms. The molecule has 0 radical (unpaired) electrons. The number of rotatable bonds is 7. The van der Waals surface area contributed by atoms with Gasteiger partial charge in [-0.2, -0.15) is 10.2 Å². The molecule has 26 heavy (non-hydrogen) atoms. The molecule has 0 bridgehead atoms. The minimum Gasteiger partial charge on any atom is -0.494 e. The number of nitriles is 1. The fourth-order valence-corrected chi connectivity index (χ4v) is 2.55. The largest absolute Gasteiger partial charge is 0.494 e. The number of anilines is 1. The van der Waals surface area contributed by atoms with E-state index in [4.69, 9.17) is 9.15 Å². The van der Waals surface area contributed by atoms with Crippen molar-refractivity contribution in [1.29, 1.82) is 5.26 Å². The molecular formula is C21H21N3O2. The van der Waals surface area contributed by atoms with E-state index in [2.05, 4.69) is 23.3 Å². The van der Waals surface area contributed by atoms with Gasteiger partial charge in [0.25, 0.3) is 0 Å². The number of nitrogens with one attached hydrogen (secondary N) is 1. The van der Waals surface area contributed by atoms with Crippen molar-refractivity contribution in [1.82, 2.24) is 4.98 Å². The summed E-state index contributed by atoms with van der Waals surface area (Å²) in [7, 11) is 0. The quantitative estimate of drug-likeness (QED) is 0.638. The first-order valence-electron chi connectivity index (χ1n) is 8.67. The average molecular weight is 347 g/mol. The normalized spacial score (nSPS) is 11.6. The van der Waals surface area contributed by atoms with E-state index in [-0.39, 0.29) is 11.7 Å². The zero-order valence-corrected chi connectivity index (χ0v) is 14.9. The van der Waals surface area contributed by atoms with E-state index in [1.165, 1.54) is 0 Å². The highest BCUT2D eigenvalue weighted by atomic mass is 16.5. The lowest BCUT2D eigenvalue weighted by atomic mass is 10.1. The van der Waals surface area contributed by atoms with Crippen LogP contribution in [0.4, 0.5) is 5.88 Å². The van der Waals surface area contributed by atoms with Crippen molar-refractivity contribution in [2.75, 3.05) is 11.9 Å². The highest BCUT2D eigenvalue weighted by Crippen LogP contribution is 2.29. The van der Waals surface area contributed by atoms with E-state index < -0.39 is 0 Å².